The molecule has 1 atom stereocenters. The Morgan fingerprint density at radius 2 is 2.14 bits per heavy atom. The molecular weight excluding hydrogens is 174 g/mol. The molecule has 0 aromatic carbocycles. The molecule has 0 aromatic heterocycles. The lowest BCUT2D eigenvalue weighted by atomic mass is 10.1. The van der Waals surface area contributed by atoms with Gasteiger partial charge in [0.15, 0.2) is 0 Å². The first-order valence-corrected chi connectivity index (χ1v) is 5.94. The summed E-state index contributed by atoms with van der Waals surface area (Å²) in [4.78, 5) is 5.02. The summed E-state index contributed by atoms with van der Waals surface area (Å²) in [5, 5.41) is 0. The lowest BCUT2D eigenvalue weighted by Crippen LogP contribution is -2.45. The van der Waals surface area contributed by atoms with Crippen molar-refractivity contribution in [1.29, 1.82) is 0 Å². The van der Waals surface area contributed by atoms with Crippen LogP contribution in [0, 0.1) is 0 Å². The van der Waals surface area contributed by atoms with Crippen molar-refractivity contribution in [2.75, 3.05) is 33.2 Å². The largest absolute Gasteiger partial charge is 0.327 e. The van der Waals surface area contributed by atoms with Gasteiger partial charge >= 0.3 is 0 Å². The summed E-state index contributed by atoms with van der Waals surface area (Å²) < 4.78 is 0. The van der Waals surface area contributed by atoms with E-state index >= 15 is 0 Å². The molecule has 2 fully saturated rings. The summed E-state index contributed by atoms with van der Waals surface area (Å²) in [6, 6.07) is 1.32. The third kappa shape index (κ3) is 2.94. The molecule has 1 heterocycles. The highest BCUT2D eigenvalue weighted by Crippen LogP contribution is 2.24. The summed E-state index contributed by atoms with van der Waals surface area (Å²) in [6.07, 6.45) is 5.33. The molecule has 14 heavy (non-hydrogen) atoms. The predicted octanol–water partition coefficient (Wildman–Crippen LogP) is 0.504. The molecule has 1 aliphatic heterocycles. The minimum atomic E-state index is 0.426. The van der Waals surface area contributed by atoms with Crippen LogP contribution < -0.4 is 5.73 Å². The van der Waals surface area contributed by atoms with E-state index < -0.39 is 0 Å². The number of rotatable bonds is 4. The molecule has 1 saturated heterocycles. The fourth-order valence-electron chi connectivity index (χ4n) is 2.29. The van der Waals surface area contributed by atoms with Crippen LogP contribution in [0.25, 0.3) is 0 Å². The predicted molar refractivity (Wildman–Crippen MR) is 59.3 cm³/mol. The van der Waals surface area contributed by atoms with E-state index in [2.05, 4.69) is 16.8 Å². The highest BCUT2D eigenvalue weighted by Gasteiger charge is 2.26. The molecular formula is C11H23N3. The highest BCUT2D eigenvalue weighted by molar-refractivity contribution is 4.83. The fourth-order valence-corrected chi connectivity index (χ4v) is 2.29. The van der Waals surface area contributed by atoms with Crippen molar-refractivity contribution in [2.24, 2.45) is 5.73 Å². The molecule has 2 rings (SSSR count). The normalized spacial score (nSPS) is 29.8. The molecule has 0 amide bonds. The Labute approximate surface area is 87.2 Å². The zero-order chi connectivity index (χ0) is 9.97. The van der Waals surface area contributed by atoms with Crippen LogP contribution in [0.15, 0.2) is 0 Å². The maximum absolute atomic E-state index is 5.95. The van der Waals surface area contributed by atoms with Gasteiger partial charge in [0.2, 0.25) is 0 Å². The molecule has 2 N–H and O–H groups in total. The average Bonchev–Trinajstić information content (AvgIpc) is 2.97. The van der Waals surface area contributed by atoms with E-state index in [1.807, 2.05) is 0 Å². The number of likely N-dealkylation sites (tertiary alicyclic amines) is 1. The second-order valence-corrected chi connectivity index (χ2v) is 4.91. The van der Waals surface area contributed by atoms with Crippen LogP contribution in [0.2, 0.25) is 0 Å². The van der Waals surface area contributed by atoms with Gasteiger partial charge in [0, 0.05) is 31.7 Å². The Balaban J connectivity index is 1.63. The molecule has 3 heteroatoms. The molecule has 0 bridgehead atoms. The Kier molecular flexibility index (Phi) is 3.42. The molecule has 2 aliphatic rings. The number of likely N-dealkylation sites (N-methyl/N-ethyl adjacent to an activating group) is 1. The molecule has 0 spiro atoms. The van der Waals surface area contributed by atoms with Crippen molar-refractivity contribution >= 4 is 0 Å². The van der Waals surface area contributed by atoms with Gasteiger partial charge in [-0.05, 0) is 39.3 Å². The van der Waals surface area contributed by atoms with Gasteiger partial charge in [-0.2, -0.15) is 0 Å². The van der Waals surface area contributed by atoms with Crippen LogP contribution in [0.5, 0.6) is 0 Å². The Hall–Kier alpha value is -0.120. The maximum atomic E-state index is 5.95. The summed E-state index contributed by atoms with van der Waals surface area (Å²) in [5.41, 5.74) is 5.95. The van der Waals surface area contributed by atoms with Crippen molar-refractivity contribution < 1.29 is 0 Å². The van der Waals surface area contributed by atoms with E-state index in [0.29, 0.717) is 6.04 Å². The number of hydrogen-bond acceptors (Lipinski definition) is 3. The fraction of sp³-hybridized carbons (Fsp3) is 1.00. The van der Waals surface area contributed by atoms with Gasteiger partial charge in [0.05, 0.1) is 0 Å². The lowest BCUT2D eigenvalue weighted by Gasteiger charge is -2.31. The van der Waals surface area contributed by atoms with Crippen LogP contribution in [0.4, 0.5) is 0 Å². The van der Waals surface area contributed by atoms with E-state index in [4.69, 9.17) is 5.73 Å². The van der Waals surface area contributed by atoms with Crippen molar-refractivity contribution in [3.63, 3.8) is 0 Å². The molecule has 82 valence electrons. The maximum Gasteiger partial charge on any atom is 0.0168 e. The standard InChI is InChI=1S/C11H23N3/c1-13(11-4-5-11)7-8-14-6-2-3-10(12)9-14/h10-11H,2-9,12H2,1H3. The summed E-state index contributed by atoms with van der Waals surface area (Å²) >= 11 is 0. The topological polar surface area (TPSA) is 32.5 Å². The van der Waals surface area contributed by atoms with Gasteiger partial charge < -0.3 is 15.5 Å². The van der Waals surface area contributed by atoms with Gasteiger partial charge in [0.25, 0.3) is 0 Å². The van der Waals surface area contributed by atoms with Crippen molar-refractivity contribution in [2.45, 2.75) is 37.8 Å². The second kappa shape index (κ2) is 4.60. The number of nitrogens with zero attached hydrogens (tertiary/aromatic N) is 2. The Morgan fingerprint density at radius 1 is 1.36 bits per heavy atom. The van der Waals surface area contributed by atoms with E-state index in [1.54, 1.807) is 0 Å². The highest BCUT2D eigenvalue weighted by atomic mass is 15.2. The van der Waals surface area contributed by atoms with Crippen LogP contribution in [0.1, 0.15) is 25.7 Å². The van der Waals surface area contributed by atoms with Gasteiger partial charge in [-0.3, -0.25) is 0 Å². The third-order valence-electron chi connectivity index (χ3n) is 3.48. The first kappa shape index (κ1) is 10.4. The minimum Gasteiger partial charge on any atom is -0.327 e. The SMILES string of the molecule is CN(CCN1CCCC(N)C1)C1CC1. The Bertz CT molecular complexity index is 179. The van der Waals surface area contributed by atoms with E-state index in [-0.39, 0.29) is 0 Å². The van der Waals surface area contributed by atoms with Gasteiger partial charge in [-0.25, -0.2) is 0 Å². The minimum absolute atomic E-state index is 0.426. The van der Waals surface area contributed by atoms with E-state index in [0.717, 1.165) is 12.6 Å². The average molecular weight is 197 g/mol. The molecule has 1 saturated carbocycles. The summed E-state index contributed by atoms with van der Waals surface area (Å²) in [7, 11) is 2.25. The van der Waals surface area contributed by atoms with E-state index in [9.17, 15) is 0 Å². The first-order chi connectivity index (χ1) is 6.75. The van der Waals surface area contributed by atoms with Gasteiger partial charge in [-0.1, -0.05) is 0 Å². The summed E-state index contributed by atoms with van der Waals surface area (Å²) in [5.74, 6) is 0. The number of nitrogens with two attached hydrogens (primary N) is 1. The van der Waals surface area contributed by atoms with Gasteiger partial charge in [-0.15, -0.1) is 0 Å². The molecule has 3 nitrogen and oxygen atoms in total. The zero-order valence-electron chi connectivity index (χ0n) is 9.28. The van der Waals surface area contributed by atoms with Gasteiger partial charge in [0.1, 0.15) is 0 Å². The molecule has 1 aliphatic carbocycles. The van der Waals surface area contributed by atoms with E-state index in [1.165, 1.54) is 45.3 Å². The first-order valence-electron chi connectivity index (χ1n) is 5.94. The summed E-state index contributed by atoms with van der Waals surface area (Å²) in [6.45, 7) is 4.79. The number of piperidine rings is 1. The molecule has 1 unspecified atom stereocenters. The van der Waals surface area contributed by atoms with Crippen LogP contribution >= 0.6 is 0 Å². The van der Waals surface area contributed by atoms with Crippen LogP contribution in [-0.2, 0) is 0 Å². The lowest BCUT2D eigenvalue weighted by molar-refractivity contribution is 0.180. The third-order valence-corrected chi connectivity index (χ3v) is 3.48. The van der Waals surface area contributed by atoms with Crippen molar-refractivity contribution in [3.05, 3.63) is 0 Å². The molecule has 0 aromatic rings. The van der Waals surface area contributed by atoms with Crippen molar-refractivity contribution in [1.82, 2.24) is 9.80 Å². The second-order valence-electron chi connectivity index (χ2n) is 4.91. The monoisotopic (exact) mass is 197 g/mol. The molecule has 0 radical (unpaired) electrons. The van der Waals surface area contributed by atoms with Crippen LogP contribution in [-0.4, -0.2) is 55.1 Å². The number of hydrogen-bond donors (Lipinski definition) is 1. The van der Waals surface area contributed by atoms with Crippen LogP contribution in [0.3, 0.4) is 0 Å². The van der Waals surface area contributed by atoms with Crippen molar-refractivity contribution in [3.8, 4) is 0 Å². The Morgan fingerprint density at radius 3 is 2.79 bits per heavy atom. The smallest absolute Gasteiger partial charge is 0.0168 e. The zero-order valence-corrected chi connectivity index (χ0v) is 9.28. The quantitative estimate of drug-likeness (QED) is 0.712.